The van der Waals surface area contributed by atoms with Crippen LogP contribution in [0.2, 0.25) is 0 Å². The minimum Gasteiger partial charge on any atom is -0.483 e. The van der Waals surface area contributed by atoms with Crippen LogP contribution >= 0.6 is 11.8 Å². The Morgan fingerprint density at radius 3 is 2.67 bits per heavy atom. The van der Waals surface area contributed by atoms with Gasteiger partial charge in [0, 0.05) is 18.3 Å². The van der Waals surface area contributed by atoms with E-state index < -0.39 is 23.4 Å². The van der Waals surface area contributed by atoms with Gasteiger partial charge in [0.1, 0.15) is 6.61 Å². The molecule has 3 aromatic rings. The normalized spacial score (nSPS) is 10.6. The lowest BCUT2D eigenvalue weighted by Gasteiger charge is -2.10. The number of halogens is 3. The number of hydrogen-bond donors (Lipinski definition) is 1. The highest BCUT2D eigenvalue weighted by Crippen LogP contribution is 2.21. The van der Waals surface area contributed by atoms with Gasteiger partial charge in [-0.2, -0.15) is 0 Å². The molecule has 6 nitrogen and oxygen atoms in total. The molecule has 0 aliphatic rings. The first kappa shape index (κ1) is 21.4. The zero-order chi connectivity index (χ0) is 21.5. The van der Waals surface area contributed by atoms with Gasteiger partial charge in [-0.15, -0.1) is 16.8 Å². The molecule has 0 fully saturated rings. The average molecular weight is 434 g/mol. The van der Waals surface area contributed by atoms with Crippen LogP contribution in [0.5, 0.6) is 5.75 Å². The maximum atomic E-state index is 13.7. The highest BCUT2D eigenvalue weighted by atomic mass is 32.2. The number of para-hydroxylation sites is 1. The number of hydrogen-bond acceptors (Lipinski definition) is 5. The number of nitrogens with zero attached hydrogens (tertiary/aromatic N) is 3. The summed E-state index contributed by atoms with van der Waals surface area (Å²) in [6, 6.07) is 9.09. The Morgan fingerprint density at radius 1 is 1.13 bits per heavy atom. The molecule has 1 aromatic heterocycles. The summed E-state index contributed by atoms with van der Waals surface area (Å²) >= 11 is 1.10. The van der Waals surface area contributed by atoms with Crippen molar-refractivity contribution in [2.24, 2.45) is 0 Å². The fourth-order valence-corrected chi connectivity index (χ4v) is 3.22. The quantitative estimate of drug-likeness (QED) is 0.404. The van der Waals surface area contributed by atoms with Crippen LogP contribution in [0.15, 0.2) is 60.3 Å². The first-order valence-corrected chi connectivity index (χ1v) is 9.74. The van der Waals surface area contributed by atoms with Crippen molar-refractivity contribution in [2.75, 3.05) is 11.1 Å². The minimum absolute atomic E-state index is 0.0244. The summed E-state index contributed by atoms with van der Waals surface area (Å²) in [5, 5.41) is 11.0. The van der Waals surface area contributed by atoms with Gasteiger partial charge in [-0.3, -0.25) is 9.36 Å². The maximum absolute atomic E-state index is 13.7. The minimum atomic E-state index is -1.05. The summed E-state index contributed by atoms with van der Waals surface area (Å²) in [5.74, 6) is -2.48. The van der Waals surface area contributed by atoms with E-state index in [4.69, 9.17) is 4.74 Å². The van der Waals surface area contributed by atoms with Crippen LogP contribution in [0.3, 0.4) is 0 Å². The molecule has 3 rings (SSSR count). The number of nitrogens with one attached hydrogen (secondary N) is 1. The lowest BCUT2D eigenvalue weighted by Crippen LogP contribution is -2.15. The van der Waals surface area contributed by atoms with Crippen LogP contribution < -0.4 is 10.1 Å². The Labute approximate surface area is 174 Å². The molecule has 0 atom stereocenters. The van der Waals surface area contributed by atoms with Crippen LogP contribution in [0.25, 0.3) is 0 Å². The summed E-state index contributed by atoms with van der Waals surface area (Å²) in [4.78, 5) is 12.1. The molecule has 0 radical (unpaired) electrons. The van der Waals surface area contributed by atoms with Crippen molar-refractivity contribution in [1.29, 1.82) is 0 Å². The Kier molecular flexibility index (Phi) is 7.12. The number of aromatic nitrogens is 3. The molecule has 0 saturated carbocycles. The van der Waals surface area contributed by atoms with Crippen molar-refractivity contribution in [2.45, 2.75) is 18.3 Å². The summed E-state index contributed by atoms with van der Waals surface area (Å²) in [5.41, 5.74) is 0.144. The number of carbonyl (C=O) groups is 1. The third-order valence-electron chi connectivity index (χ3n) is 3.83. The summed E-state index contributed by atoms with van der Waals surface area (Å²) in [6.45, 7) is 4.02. The van der Waals surface area contributed by atoms with E-state index in [0.29, 0.717) is 17.5 Å². The van der Waals surface area contributed by atoms with Gasteiger partial charge in [-0.05, 0) is 24.3 Å². The van der Waals surface area contributed by atoms with Crippen LogP contribution in [-0.2, 0) is 17.9 Å². The van der Waals surface area contributed by atoms with E-state index in [2.05, 4.69) is 22.1 Å². The van der Waals surface area contributed by atoms with Gasteiger partial charge in [-0.1, -0.05) is 30.0 Å². The lowest BCUT2D eigenvalue weighted by atomic mass is 10.3. The molecule has 1 amide bonds. The predicted molar refractivity (Wildman–Crippen MR) is 107 cm³/mol. The molecule has 1 heterocycles. The van der Waals surface area contributed by atoms with Gasteiger partial charge < -0.3 is 10.1 Å². The highest BCUT2D eigenvalue weighted by molar-refractivity contribution is 7.99. The molecule has 0 unspecified atom stereocenters. The number of benzene rings is 2. The molecule has 1 N–H and O–H groups in total. The second-order valence-corrected chi connectivity index (χ2v) is 6.93. The lowest BCUT2D eigenvalue weighted by molar-refractivity contribution is -0.113. The van der Waals surface area contributed by atoms with Crippen LogP contribution in [0.4, 0.5) is 18.9 Å². The van der Waals surface area contributed by atoms with Crippen LogP contribution in [0, 0.1) is 17.5 Å². The molecule has 30 heavy (non-hydrogen) atoms. The molecule has 0 spiro atoms. The van der Waals surface area contributed by atoms with Crippen molar-refractivity contribution in [3.05, 3.63) is 78.4 Å². The molecule has 156 valence electrons. The average Bonchev–Trinajstić information content (AvgIpc) is 3.10. The van der Waals surface area contributed by atoms with Gasteiger partial charge in [0.2, 0.25) is 5.91 Å². The van der Waals surface area contributed by atoms with Gasteiger partial charge >= 0.3 is 0 Å². The fraction of sp³-hybridized carbons (Fsp3) is 0.150. The molecule has 0 bridgehead atoms. The number of amides is 1. The van der Waals surface area contributed by atoms with E-state index in [1.54, 1.807) is 22.8 Å². The Bertz CT molecular complexity index is 1060. The molecular weight excluding hydrogens is 417 g/mol. The Hall–Kier alpha value is -3.27. The standard InChI is InChI=1S/C20H17F3N4O2S/c1-2-9-27-18(11-29-17-6-4-3-5-15(17)22)25-26-20(27)30-12-19(28)24-13-7-8-14(21)16(23)10-13/h2-8,10H,1,9,11-12H2,(H,24,28). The van der Waals surface area contributed by atoms with E-state index in [-0.39, 0.29) is 23.8 Å². The van der Waals surface area contributed by atoms with Crippen molar-refractivity contribution >= 4 is 23.4 Å². The first-order valence-electron chi connectivity index (χ1n) is 8.76. The molecule has 0 aliphatic heterocycles. The molecule has 2 aromatic carbocycles. The largest absolute Gasteiger partial charge is 0.483 e. The number of ether oxygens (including phenoxy) is 1. The van der Waals surface area contributed by atoms with E-state index in [1.165, 1.54) is 18.2 Å². The van der Waals surface area contributed by atoms with Gasteiger partial charge in [-0.25, -0.2) is 13.2 Å². The second kappa shape index (κ2) is 9.97. The third-order valence-corrected chi connectivity index (χ3v) is 4.80. The third kappa shape index (κ3) is 5.41. The zero-order valence-corrected chi connectivity index (χ0v) is 16.5. The number of carbonyl (C=O) groups excluding carboxylic acids is 1. The topological polar surface area (TPSA) is 69.0 Å². The van der Waals surface area contributed by atoms with Crippen molar-refractivity contribution in [3.63, 3.8) is 0 Å². The smallest absolute Gasteiger partial charge is 0.234 e. The zero-order valence-electron chi connectivity index (χ0n) is 15.6. The highest BCUT2D eigenvalue weighted by Gasteiger charge is 2.15. The monoisotopic (exact) mass is 434 g/mol. The van der Waals surface area contributed by atoms with Crippen molar-refractivity contribution in [3.8, 4) is 5.75 Å². The summed E-state index contributed by atoms with van der Waals surface area (Å²) < 4.78 is 47.1. The van der Waals surface area contributed by atoms with Gasteiger partial charge in [0.25, 0.3) is 0 Å². The number of rotatable bonds is 9. The summed E-state index contributed by atoms with van der Waals surface area (Å²) in [7, 11) is 0. The molecule has 0 aliphatic carbocycles. The van der Waals surface area contributed by atoms with Crippen LogP contribution in [0.1, 0.15) is 5.82 Å². The van der Waals surface area contributed by atoms with E-state index in [1.807, 2.05) is 0 Å². The number of thioether (sulfide) groups is 1. The molecular formula is C20H17F3N4O2S. The van der Waals surface area contributed by atoms with E-state index >= 15 is 0 Å². The van der Waals surface area contributed by atoms with E-state index in [9.17, 15) is 18.0 Å². The fourth-order valence-electron chi connectivity index (χ4n) is 2.45. The maximum Gasteiger partial charge on any atom is 0.234 e. The Morgan fingerprint density at radius 2 is 1.93 bits per heavy atom. The SMILES string of the molecule is C=CCn1c(COc2ccccc2F)nnc1SCC(=O)Nc1ccc(F)c(F)c1. The van der Waals surface area contributed by atoms with Crippen molar-refractivity contribution < 1.29 is 22.7 Å². The Balaban J connectivity index is 1.62. The van der Waals surface area contributed by atoms with E-state index in [0.717, 1.165) is 23.9 Å². The van der Waals surface area contributed by atoms with Gasteiger partial charge in [0.05, 0.1) is 5.75 Å². The predicted octanol–water partition coefficient (Wildman–Crippen LogP) is 4.19. The van der Waals surface area contributed by atoms with Gasteiger partial charge in [0.15, 0.2) is 34.2 Å². The second-order valence-electron chi connectivity index (χ2n) is 5.98. The number of anilines is 1. The number of allylic oxidation sites excluding steroid dienone is 1. The van der Waals surface area contributed by atoms with Crippen molar-refractivity contribution in [1.82, 2.24) is 14.8 Å². The first-order chi connectivity index (χ1) is 14.5. The van der Waals surface area contributed by atoms with Crippen LogP contribution in [-0.4, -0.2) is 26.4 Å². The molecule has 10 heteroatoms. The summed E-state index contributed by atoms with van der Waals surface area (Å²) in [6.07, 6.45) is 1.63. The molecule has 0 saturated heterocycles.